The van der Waals surface area contributed by atoms with Crippen molar-refractivity contribution in [3.63, 3.8) is 0 Å². The van der Waals surface area contributed by atoms with E-state index in [0.717, 1.165) is 5.56 Å². The van der Waals surface area contributed by atoms with Gasteiger partial charge in [-0.25, -0.2) is 9.82 Å². The van der Waals surface area contributed by atoms with Crippen LogP contribution in [-0.2, 0) is 6.61 Å². The Morgan fingerprint density at radius 2 is 1.77 bits per heavy atom. The number of amides is 1. The molecule has 4 nitrogen and oxygen atoms in total. The van der Waals surface area contributed by atoms with Gasteiger partial charge in [0, 0.05) is 16.1 Å². The smallest absolute Gasteiger partial charge is 0.271 e. The van der Waals surface area contributed by atoms with Crippen molar-refractivity contribution in [3.8, 4) is 5.75 Å². The second-order valence-corrected chi connectivity index (χ2v) is 6.92. The second kappa shape index (κ2) is 10.4. The van der Waals surface area contributed by atoms with Gasteiger partial charge in [-0.2, -0.15) is 5.10 Å². The Balaban J connectivity index is 1.53. The molecular formula is C24H20ClFN2O2. The molecule has 30 heavy (non-hydrogen) atoms. The number of hydrogen-bond acceptors (Lipinski definition) is 3. The molecule has 0 aliphatic rings. The van der Waals surface area contributed by atoms with Crippen LogP contribution >= 0.6 is 11.6 Å². The van der Waals surface area contributed by atoms with Crippen LogP contribution in [0.1, 0.15) is 28.4 Å². The minimum absolute atomic E-state index is 0.316. The van der Waals surface area contributed by atoms with Gasteiger partial charge in [-0.05, 0) is 61.0 Å². The number of nitrogens with zero attached hydrogens (tertiary/aromatic N) is 1. The molecule has 152 valence electrons. The summed E-state index contributed by atoms with van der Waals surface area (Å²) in [4.78, 5) is 12.2. The topological polar surface area (TPSA) is 50.7 Å². The zero-order valence-corrected chi connectivity index (χ0v) is 17.1. The zero-order valence-electron chi connectivity index (χ0n) is 16.3. The lowest BCUT2D eigenvalue weighted by Crippen LogP contribution is -2.18. The van der Waals surface area contributed by atoms with Crippen LogP contribution in [0.5, 0.6) is 5.75 Å². The summed E-state index contributed by atoms with van der Waals surface area (Å²) in [6.45, 7) is 2.12. The highest BCUT2D eigenvalue weighted by atomic mass is 35.5. The lowest BCUT2D eigenvalue weighted by atomic mass is 10.2. The Kier molecular flexibility index (Phi) is 7.35. The molecule has 0 spiro atoms. The molecule has 0 aromatic heterocycles. The lowest BCUT2D eigenvalue weighted by Gasteiger charge is -2.07. The lowest BCUT2D eigenvalue weighted by molar-refractivity contribution is 0.0955. The Morgan fingerprint density at radius 3 is 2.47 bits per heavy atom. The van der Waals surface area contributed by atoms with E-state index in [1.807, 2.05) is 24.3 Å². The molecule has 0 fully saturated rings. The number of benzene rings is 3. The average Bonchev–Trinajstić information content (AvgIpc) is 2.77. The highest BCUT2D eigenvalue weighted by Gasteiger charge is 2.05. The molecule has 0 radical (unpaired) electrons. The van der Waals surface area contributed by atoms with Gasteiger partial charge in [0.25, 0.3) is 5.91 Å². The summed E-state index contributed by atoms with van der Waals surface area (Å²) >= 11 is 5.87. The summed E-state index contributed by atoms with van der Waals surface area (Å²) in [6.07, 6.45) is 3.24. The minimum Gasteiger partial charge on any atom is -0.489 e. The van der Waals surface area contributed by atoms with Crippen LogP contribution in [0.2, 0.25) is 5.02 Å². The molecule has 0 unspecified atom stereocenters. The Hall–Kier alpha value is -3.44. The number of ether oxygens (including phenoxy) is 1. The van der Waals surface area contributed by atoms with Crippen LogP contribution in [0, 0.1) is 5.82 Å². The molecule has 0 aliphatic carbocycles. The van der Waals surface area contributed by atoms with Crippen molar-refractivity contribution in [2.45, 2.75) is 13.5 Å². The maximum absolute atomic E-state index is 13.6. The SMILES string of the molecule is CC(/C=C/c1ccccc1F)=N/NC(=O)c1ccc(OCc2ccc(Cl)cc2)cc1. The van der Waals surface area contributed by atoms with Crippen molar-refractivity contribution < 1.29 is 13.9 Å². The molecule has 6 heteroatoms. The molecule has 3 rings (SSSR count). The van der Waals surface area contributed by atoms with E-state index in [1.54, 1.807) is 61.5 Å². The summed E-state index contributed by atoms with van der Waals surface area (Å²) < 4.78 is 19.3. The van der Waals surface area contributed by atoms with E-state index < -0.39 is 0 Å². The molecule has 1 N–H and O–H groups in total. The van der Waals surface area contributed by atoms with Crippen LogP contribution in [-0.4, -0.2) is 11.6 Å². The van der Waals surface area contributed by atoms with Crippen LogP contribution in [0.25, 0.3) is 6.08 Å². The molecule has 0 saturated carbocycles. The van der Waals surface area contributed by atoms with E-state index in [-0.39, 0.29) is 11.7 Å². The molecule has 0 atom stereocenters. The first-order valence-electron chi connectivity index (χ1n) is 9.26. The van der Waals surface area contributed by atoms with E-state index >= 15 is 0 Å². The van der Waals surface area contributed by atoms with Gasteiger partial charge in [-0.1, -0.05) is 48.0 Å². The predicted molar refractivity (Wildman–Crippen MR) is 118 cm³/mol. The first kappa shape index (κ1) is 21.3. The average molecular weight is 423 g/mol. The van der Waals surface area contributed by atoms with Crippen molar-refractivity contribution in [2.24, 2.45) is 5.10 Å². The normalized spacial score (nSPS) is 11.5. The van der Waals surface area contributed by atoms with Crippen molar-refractivity contribution in [1.82, 2.24) is 5.43 Å². The molecule has 3 aromatic carbocycles. The third kappa shape index (κ3) is 6.29. The maximum Gasteiger partial charge on any atom is 0.271 e. The van der Waals surface area contributed by atoms with Gasteiger partial charge in [0.1, 0.15) is 18.2 Å². The number of halogens is 2. The van der Waals surface area contributed by atoms with E-state index in [1.165, 1.54) is 6.07 Å². The van der Waals surface area contributed by atoms with Gasteiger partial charge in [-0.15, -0.1) is 0 Å². The fourth-order valence-electron chi connectivity index (χ4n) is 2.51. The summed E-state index contributed by atoms with van der Waals surface area (Å²) in [6, 6.07) is 20.6. The van der Waals surface area contributed by atoms with Gasteiger partial charge in [0.15, 0.2) is 0 Å². The predicted octanol–water partition coefficient (Wildman–Crippen LogP) is 5.88. The van der Waals surface area contributed by atoms with Gasteiger partial charge in [-0.3, -0.25) is 4.79 Å². The number of carbonyl (C=O) groups excluding carboxylic acids is 1. The standard InChI is InChI=1S/C24H20ClFN2O2/c1-17(6-9-19-4-2-3-5-23(19)26)27-28-24(29)20-10-14-22(15-11-20)30-16-18-7-12-21(25)13-8-18/h2-15H,16H2,1H3,(H,28,29)/b9-6+,27-17-. The molecule has 0 heterocycles. The minimum atomic E-state index is -0.349. The highest BCUT2D eigenvalue weighted by molar-refractivity contribution is 6.30. The molecule has 0 bridgehead atoms. The summed E-state index contributed by atoms with van der Waals surface area (Å²) in [5, 5.41) is 4.69. The third-order valence-electron chi connectivity index (χ3n) is 4.18. The Morgan fingerprint density at radius 1 is 1.07 bits per heavy atom. The Bertz CT molecular complexity index is 1060. The van der Waals surface area contributed by atoms with E-state index in [4.69, 9.17) is 16.3 Å². The van der Waals surface area contributed by atoms with Crippen LogP contribution in [0.15, 0.2) is 84.0 Å². The summed E-state index contributed by atoms with van der Waals surface area (Å²) in [5.74, 6) is -0.0177. The highest BCUT2D eigenvalue weighted by Crippen LogP contribution is 2.16. The fraction of sp³-hybridized carbons (Fsp3) is 0.0833. The Labute approximate surface area is 179 Å². The summed E-state index contributed by atoms with van der Waals surface area (Å²) in [7, 11) is 0. The number of allylic oxidation sites excluding steroid dienone is 1. The molecule has 3 aromatic rings. The van der Waals surface area contributed by atoms with Crippen LogP contribution in [0.3, 0.4) is 0 Å². The molecule has 0 aliphatic heterocycles. The van der Waals surface area contributed by atoms with Crippen molar-refractivity contribution in [3.05, 3.63) is 106 Å². The largest absolute Gasteiger partial charge is 0.489 e. The van der Waals surface area contributed by atoms with Crippen molar-refractivity contribution in [2.75, 3.05) is 0 Å². The number of hydrogen-bond donors (Lipinski definition) is 1. The van der Waals surface area contributed by atoms with Gasteiger partial charge >= 0.3 is 0 Å². The number of rotatable bonds is 7. The van der Waals surface area contributed by atoms with E-state index in [9.17, 15) is 9.18 Å². The van der Waals surface area contributed by atoms with Crippen molar-refractivity contribution in [1.29, 1.82) is 0 Å². The van der Waals surface area contributed by atoms with Gasteiger partial charge in [0.2, 0.25) is 0 Å². The first-order chi connectivity index (χ1) is 14.5. The van der Waals surface area contributed by atoms with Gasteiger partial charge in [0.05, 0.1) is 5.71 Å². The quantitative estimate of drug-likeness (QED) is 0.382. The zero-order chi connectivity index (χ0) is 21.3. The number of hydrazone groups is 1. The summed E-state index contributed by atoms with van der Waals surface area (Å²) in [5.41, 5.74) is 4.91. The fourth-order valence-corrected chi connectivity index (χ4v) is 2.64. The molecule has 1 amide bonds. The molecule has 0 saturated heterocycles. The monoisotopic (exact) mass is 422 g/mol. The molecular weight excluding hydrogens is 403 g/mol. The van der Waals surface area contributed by atoms with Crippen LogP contribution < -0.4 is 10.2 Å². The van der Waals surface area contributed by atoms with E-state index in [2.05, 4.69) is 10.5 Å². The van der Waals surface area contributed by atoms with Crippen molar-refractivity contribution >= 4 is 29.3 Å². The first-order valence-corrected chi connectivity index (χ1v) is 9.63. The van der Waals surface area contributed by atoms with Gasteiger partial charge < -0.3 is 4.74 Å². The van der Waals surface area contributed by atoms with E-state index in [0.29, 0.717) is 34.2 Å². The number of carbonyl (C=O) groups is 1. The van der Waals surface area contributed by atoms with Crippen LogP contribution in [0.4, 0.5) is 4.39 Å². The second-order valence-electron chi connectivity index (χ2n) is 6.49. The maximum atomic E-state index is 13.6. The third-order valence-corrected chi connectivity index (χ3v) is 4.43. The number of nitrogens with one attached hydrogen (secondary N) is 1.